The van der Waals surface area contributed by atoms with E-state index in [1.54, 1.807) is 7.11 Å². The van der Waals surface area contributed by atoms with Gasteiger partial charge in [0.1, 0.15) is 5.75 Å². The zero-order chi connectivity index (χ0) is 15.5. The zero-order valence-electron chi connectivity index (χ0n) is 13.3. The minimum absolute atomic E-state index is 0.567. The number of methoxy groups -OCH3 is 1. The van der Waals surface area contributed by atoms with Crippen LogP contribution in [0.4, 0.5) is 0 Å². The van der Waals surface area contributed by atoms with E-state index in [0.717, 1.165) is 37.0 Å². The number of aliphatic carboxylic acids is 1. The van der Waals surface area contributed by atoms with Crippen molar-refractivity contribution in [1.82, 2.24) is 0 Å². The maximum absolute atomic E-state index is 11.9. The van der Waals surface area contributed by atoms with Gasteiger partial charge in [-0.2, -0.15) is 0 Å². The van der Waals surface area contributed by atoms with E-state index in [9.17, 15) is 9.90 Å². The smallest absolute Gasteiger partial charge is 0.309 e. The van der Waals surface area contributed by atoms with Gasteiger partial charge in [-0.15, -0.1) is 0 Å². The summed E-state index contributed by atoms with van der Waals surface area (Å²) in [4.78, 5) is 11.9. The summed E-state index contributed by atoms with van der Waals surface area (Å²) in [6, 6.07) is 7.77. The third-order valence-corrected chi connectivity index (χ3v) is 5.11. The quantitative estimate of drug-likeness (QED) is 0.886. The van der Waals surface area contributed by atoms with E-state index in [1.807, 2.05) is 24.3 Å². The number of para-hydroxylation sites is 1. The van der Waals surface area contributed by atoms with Crippen molar-refractivity contribution in [1.29, 1.82) is 0 Å². The molecule has 1 aromatic carbocycles. The first-order valence-electron chi connectivity index (χ1n) is 7.84. The summed E-state index contributed by atoms with van der Waals surface area (Å²) in [5.41, 5.74) is 0.380. The van der Waals surface area contributed by atoms with E-state index in [4.69, 9.17) is 4.74 Å². The fraction of sp³-hybridized carbons (Fsp3) is 0.611. The summed E-state index contributed by atoms with van der Waals surface area (Å²) in [7, 11) is 1.64. The van der Waals surface area contributed by atoms with Gasteiger partial charge in [0.05, 0.1) is 12.5 Å². The first kappa shape index (κ1) is 15.9. The van der Waals surface area contributed by atoms with Gasteiger partial charge in [0.25, 0.3) is 0 Å². The standard InChI is InChI=1S/C18H26O3/c1-13(2)14-8-10-18(11-9-14,17(19)20)12-15-6-4-5-7-16(15)21-3/h4-7,13-14H,8-12H2,1-3H3,(H,19,20). The molecule has 0 heterocycles. The maximum Gasteiger partial charge on any atom is 0.309 e. The first-order chi connectivity index (χ1) is 9.98. The zero-order valence-corrected chi connectivity index (χ0v) is 13.3. The molecule has 0 unspecified atom stereocenters. The third kappa shape index (κ3) is 3.39. The van der Waals surface area contributed by atoms with E-state index in [0.29, 0.717) is 18.3 Å². The van der Waals surface area contributed by atoms with Crippen LogP contribution in [0.15, 0.2) is 24.3 Å². The highest BCUT2D eigenvalue weighted by Gasteiger charge is 2.42. The van der Waals surface area contributed by atoms with E-state index < -0.39 is 11.4 Å². The van der Waals surface area contributed by atoms with Gasteiger partial charge in [0.15, 0.2) is 0 Å². The molecule has 3 nitrogen and oxygen atoms in total. The predicted molar refractivity (Wildman–Crippen MR) is 83.6 cm³/mol. The van der Waals surface area contributed by atoms with Crippen LogP contribution in [-0.4, -0.2) is 18.2 Å². The number of hydrogen-bond acceptors (Lipinski definition) is 2. The Bertz CT molecular complexity index is 485. The molecule has 1 saturated carbocycles. The number of benzene rings is 1. The van der Waals surface area contributed by atoms with Crippen molar-refractivity contribution >= 4 is 5.97 Å². The Balaban J connectivity index is 2.19. The number of hydrogen-bond donors (Lipinski definition) is 1. The van der Waals surface area contributed by atoms with Crippen molar-refractivity contribution in [2.45, 2.75) is 46.0 Å². The van der Waals surface area contributed by atoms with Crippen molar-refractivity contribution in [3.63, 3.8) is 0 Å². The Morgan fingerprint density at radius 1 is 1.33 bits per heavy atom. The molecule has 0 aliphatic heterocycles. The monoisotopic (exact) mass is 290 g/mol. The van der Waals surface area contributed by atoms with Crippen molar-refractivity contribution in [2.24, 2.45) is 17.3 Å². The largest absolute Gasteiger partial charge is 0.496 e. The molecule has 0 radical (unpaired) electrons. The van der Waals surface area contributed by atoms with E-state index in [1.165, 1.54) is 0 Å². The Kier molecular flexibility index (Phi) is 4.92. The van der Waals surface area contributed by atoms with Gasteiger partial charge >= 0.3 is 5.97 Å². The van der Waals surface area contributed by atoms with Gasteiger partial charge in [-0.05, 0) is 55.6 Å². The fourth-order valence-electron chi connectivity index (χ4n) is 3.54. The summed E-state index contributed by atoms with van der Waals surface area (Å²) in [5.74, 6) is 1.44. The van der Waals surface area contributed by atoms with Crippen LogP contribution in [0.2, 0.25) is 0 Å². The number of ether oxygens (including phenoxy) is 1. The molecular formula is C18H26O3. The summed E-state index contributed by atoms with van der Waals surface area (Å²) < 4.78 is 5.38. The highest BCUT2D eigenvalue weighted by atomic mass is 16.5. The average molecular weight is 290 g/mol. The molecule has 0 amide bonds. The topological polar surface area (TPSA) is 46.5 Å². The highest BCUT2D eigenvalue weighted by Crippen LogP contribution is 2.44. The van der Waals surface area contributed by atoms with Crippen LogP contribution in [0.25, 0.3) is 0 Å². The van der Waals surface area contributed by atoms with Crippen molar-refractivity contribution < 1.29 is 14.6 Å². The first-order valence-corrected chi connectivity index (χ1v) is 7.84. The number of carboxylic acid groups (broad SMARTS) is 1. The van der Waals surface area contributed by atoms with Crippen LogP contribution in [0, 0.1) is 17.3 Å². The van der Waals surface area contributed by atoms with Crippen molar-refractivity contribution in [2.75, 3.05) is 7.11 Å². The molecule has 21 heavy (non-hydrogen) atoms. The molecule has 1 aliphatic rings. The SMILES string of the molecule is COc1ccccc1CC1(C(=O)O)CCC(C(C)C)CC1. The van der Waals surface area contributed by atoms with Crippen LogP contribution in [0.1, 0.15) is 45.1 Å². The maximum atomic E-state index is 11.9. The second kappa shape index (κ2) is 6.50. The van der Waals surface area contributed by atoms with Crippen LogP contribution < -0.4 is 4.74 Å². The molecule has 2 rings (SSSR count). The molecule has 1 aromatic rings. The lowest BCUT2D eigenvalue weighted by atomic mass is 9.65. The predicted octanol–water partition coefficient (Wildman–Crippen LogP) is 4.15. The van der Waals surface area contributed by atoms with E-state index in [2.05, 4.69) is 13.8 Å². The van der Waals surface area contributed by atoms with Crippen LogP contribution in [0.5, 0.6) is 5.75 Å². The van der Waals surface area contributed by atoms with Crippen LogP contribution >= 0.6 is 0 Å². The number of carboxylic acids is 1. The van der Waals surface area contributed by atoms with E-state index in [-0.39, 0.29) is 0 Å². The minimum Gasteiger partial charge on any atom is -0.496 e. The number of carbonyl (C=O) groups is 1. The highest BCUT2D eigenvalue weighted by molar-refractivity contribution is 5.75. The average Bonchev–Trinajstić information content (AvgIpc) is 2.48. The normalized spacial score (nSPS) is 25.8. The molecule has 1 aliphatic carbocycles. The number of rotatable bonds is 5. The summed E-state index contributed by atoms with van der Waals surface area (Å²) >= 11 is 0. The van der Waals surface area contributed by atoms with Crippen LogP contribution in [-0.2, 0) is 11.2 Å². The molecular weight excluding hydrogens is 264 g/mol. The summed E-state index contributed by atoms with van der Waals surface area (Å²) in [5, 5.41) is 9.80. The molecule has 0 spiro atoms. The third-order valence-electron chi connectivity index (χ3n) is 5.11. The van der Waals surface area contributed by atoms with Gasteiger partial charge in [-0.3, -0.25) is 4.79 Å². The Morgan fingerprint density at radius 2 is 1.95 bits per heavy atom. The van der Waals surface area contributed by atoms with Gasteiger partial charge < -0.3 is 9.84 Å². The molecule has 116 valence electrons. The lowest BCUT2D eigenvalue weighted by molar-refractivity contribution is -0.151. The lowest BCUT2D eigenvalue weighted by Gasteiger charge is -2.38. The Morgan fingerprint density at radius 3 is 2.48 bits per heavy atom. The van der Waals surface area contributed by atoms with E-state index >= 15 is 0 Å². The molecule has 1 fully saturated rings. The van der Waals surface area contributed by atoms with Crippen LogP contribution in [0.3, 0.4) is 0 Å². The van der Waals surface area contributed by atoms with Crippen molar-refractivity contribution in [3.05, 3.63) is 29.8 Å². The van der Waals surface area contributed by atoms with Gasteiger partial charge in [-0.1, -0.05) is 32.0 Å². The Labute approximate surface area is 127 Å². The second-order valence-electron chi connectivity index (χ2n) is 6.66. The molecule has 3 heteroatoms. The molecule has 0 aromatic heterocycles. The Hall–Kier alpha value is -1.51. The van der Waals surface area contributed by atoms with Gasteiger partial charge in [-0.25, -0.2) is 0 Å². The fourth-order valence-corrected chi connectivity index (χ4v) is 3.54. The second-order valence-corrected chi connectivity index (χ2v) is 6.66. The summed E-state index contributed by atoms with van der Waals surface area (Å²) in [6.45, 7) is 4.47. The summed E-state index contributed by atoms with van der Waals surface area (Å²) in [6.07, 6.45) is 4.13. The molecule has 0 bridgehead atoms. The molecule has 0 atom stereocenters. The minimum atomic E-state index is -0.657. The lowest BCUT2D eigenvalue weighted by Crippen LogP contribution is -2.38. The molecule has 1 N–H and O–H groups in total. The van der Waals surface area contributed by atoms with Crippen molar-refractivity contribution in [3.8, 4) is 5.75 Å². The van der Waals surface area contributed by atoms with Gasteiger partial charge in [0.2, 0.25) is 0 Å². The van der Waals surface area contributed by atoms with Gasteiger partial charge in [0, 0.05) is 0 Å². The molecule has 0 saturated heterocycles.